The van der Waals surface area contributed by atoms with Gasteiger partial charge in [-0.05, 0) is 213 Å². The summed E-state index contributed by atoms with van der Waals surface area (Å²) in [6.45, 7) is 8.81. The molecular weight excluding hydrogens is 1500 g/mol. The molecule has 0 unspecified atom stereocenters. The molecule has 106 heavy (non-hydrogen) atoms. The molecule has 0 atom stereocenters. The van der Waals surface area contributed by atoms with Crippen LogP contribution in [0, 0.1) is 27.7 Å². The van der Waals surface area contributed by atoms with Crippen molar-refractivity contribution in [3.8, 4) is 5.75 Å². The Kier molecular flexibility index (Phi) is 32.8. The maximum atomic E-state index is 12.4. The number of amides is 7. The molecule has 1 heterocycles. The molecule has 0 aliphatic carbocycles. The molecule has 0 bridgehead atoms. The lowest BCUT2D eigenvalue weighted by Crippen LogP contribution is -2.45. The normalized spacial score (nSPS) is 11.6. The van der Waals surface area contributed by atoms with E-state index in [0.29, 0.717) is 94.9 Å². The molecule has 0 spiro atoms. The minimum atomic E-state index is -3.36. The maximum absolute atomic E-state index is 12.4. The second-order valence-electron chi connectivity index (χ2n) is 24.8. The summed E-state index contributed by atoms with van der Waals surface area (Å²) in [6.07, 6.45) is 8.89. The van der Waals surface area contributed by atoms with E-state index in [9.17, 15) is 63.9 Å². The van der Waals surface area contributed by atoms with Gasteiger partial charge >= 0.3 is 0 Å². The summed E-state index contributed by atoms with van der Waals surface area (Å²) in [6, 6.07) is 46.9. The van der Waals surface area contributed by atoms with E-state index in [0.717, 1.165) is 92.6 Å². The van der Waals surface area contributed by atoms with Gasteiger partial charge in [0.25, 0.3) is 17.7 Å². The SMILES string of the molecule is Cc1cc(CCCNC(=O)CCc2ccc(O)cc2)ccc1Cl.Cc1cc(CCNNC(=O)CCc2ccc(NS(C)(=O)=O)cc2)ccc1Cl.Cc1cc2c(cc1Cl)C(=O)N(NC(=O)CCc1ccc(NS(C)(=O)=O)cc1)C2=O.Cc1ccc(C(=O)NNC(=O)CCc2ccc(NS(C)(=O)=O)cc2)cc1Cl. The largest absolute Gasteiger partial charge is 0.508 e. The predicted octanol–water partition coefficient (Wildman–Crippen LogP) is 11.5. The van der Waals surface area contributed by atoms with Gasteiger partial charge in [0.05, 0.1) is 29.9 Å². The zero-order valence-electron chi connectivity index (χ0n) is 59.2. The quantitative estimate of drug-likeness (QED) is 0.0124. The molecule has 9 rings (SSSR count). The molecule has 1 aliphatic heterocycles. The molecule has 0 saturated carbocycles. The number of rotatable bonds is 28. The number of halogens is 4. The van der Waals surface area contributed by atoms with Crippen molar-refractivity contribution in [2.45, 2.75) is 98.3 Å². The number of hydrogen-bond acceptors (Lipinski definition) is 15. The van der Waals surface area contributed by atoms with Crippen molar-refractivity contribution in [3.05, 3.63) is 256 Å². The van der Waals surface area contributed by atoms with E-state index in [2.05, 4.69) is 52.7 Å². The fourth-order valence-corrected chi connectivity index (χ4v) is 12.2. The number of fused-ring (bicyclic) bond motifs is 1. The van der Waals surface area contributed by atoms with Gasteiger partial charge in [-0.25, -0.2) is 30.7 Å². The van der Waals surface area contributed by atoms with Crippen LogP contribution in [-0.2, 0) is 87.8 Å². The lowest BCUT2D eigenvalue weighted by molar-refractivity contribution is -0.124. The Labute approximate surface area is 638 Å². The smallest absolute Gasteiger partial charge is 0.280 e. The van der Waals surface area contributed by atoms with Gasteiger partial charge < -0.3 is 10.4 Å². The Bertz CT molecular complexity index is 4750. The number of benzene rings is 8. The third-order valence-corrected chi connectivity index (χ3v) is 19.1. The van der Waals surface area contributed by atoms with Crippen LogP contribution in [0.3, 0.4) is 0 Å². The highest BCUT2D eigenvalue weighted by molar-refractivity contribution is 7.92. The first-order valence-corrected chi connectivity index (χ1v) is 40.2. The molecular formula is C75H84Cl4N10O14S3. The molecule has 8 aromatic rings. The van der Waals surface area contributed by atoms with Crippen LogP contribution in [0.2, 0.25) is 20.1 Å². The third-order valence-electron chi connectivity index (χ3n) is 15.6. The molecule has 10 N–H and O–H groups in total. The number of nitrogens with one attached hydrogen (secondary N) is 9. The van der Waals surface area contributed by atoms with Crippen molar-refractivity contribution in [1.29, 1.82) is 0 Å². The maximum Gasteiger partial charge on any atom is 0.280 e. The third kappa shape index (κ3) is 30.9. The van der Waals surface area contributed by atoms with Gasteiger partial charge in [-0.1, -0.05) is 125 Å². The Balaban J connectivity index is 0.000000222. The molecule has 8 aromatic carbocycles. The molecule has 564 valence electrons. The van der Waals surface area contributed by atoms with E-state index >= 15 is 0 Å². The van der Waals surface area contributed by atoms with Crippen LogP contribution >= 0.6 is 46.4 Å². The Morgan fingerprint density at radius 2 is 0.774 bits per heavy atom. The summed E-state index contributed by atoms with van der Waals surface area (Å²) in [5.74, 6) is -2.32. The second kappa shape index (κ2) is 40.8. The summed E-state index contributed by atoms with van der Waals surface area (Å²) in [5, 5.41) is 15.2. The Hall–Kier alpha value is -9.58. The molecule has 0 aromatic heterocycles. The first-order valence-electron chi connectivity index (χ1n) is 33.1. The molecule has 1 aliphatic rings. The summed E-state index contributed by atoms with van der Waals surface area (Å²) in [7, 11) is -9.96. The molecule has 31 heteroatoms. The highest BCUT2D eigenvalue weighted by Gasteiger charge is 2.37. The molecule has 0 saturated heterocycles. The molecule has 7 amide bonds. The number of carbonyl (C=O) groups excluding carboxylic acids is 7. The summed E-state index contributed by atoms with van der Waals surface area (Å²) >= 11 is 24.0. The van der Waals surface area contributed by atoms with Crippen molar-refractivity contribution < 1.29 is 63.9 Å². The number of carbonyl (C=O) groups is 7. The van der Waals surface area contributed by atoms with Gasteiger partial charge in [-0.3, -0.25) is 69.4 Å². The van der Waals surface area contributed by atoms with Crippen LogP contribution in [0.15, 0.2) is 164 Å². The number of imide groups is 1. The zero-order chi connectivity index (χ0) is 77.9. The van der Waals surface area contributed by atoms with Crippen LogP contribution in [0.4, 0.5) is 17.1 Å². The van der Waals surface area contributed by atoms with Gasteiger partial charge in [0.1, 0.15) is 5.75 Å². The first-order chi connectivity index (χ1) is 50.0. The highest BCUT2D eigenvalue weighted by Crippen LogP contribution is 2.28. The van der Waals surface area contributed by atoms with Crippen LogP contribution in [0.25, 0.3) is 0 Å². The van der Waals surface area contributed by atoms with Crippen molar-refractivity contribution in [2.24, 2.45) is 0 Å². The van der Waals surface area contributed by atoms with Crippen LogP contribution in [-0.4, -0.2) is 109 Å². The second-order valence-corrected chi connectivity index (χ2v) is 31.7. The number of hydrazine groups is 3. The van der Waals surface area contributed by atoms with E-state index in [1.54, 1.807) is 104 Å². The number of sulfonamides is 3. The van der Waals surface area contributed by atoms with Crippen molar-refractivity contribution in [2.75, 3.05) is 46.0 Å². The van der Waals surface area contributed by atoms with Crippen molar-refractivity contribution >= 4 is 135 Å². The lowest BCUT2D eigenvalue weighted by atomic mass is 10.1. The molecule has 0 radical (unpaired) electrons. The van der Waals surface area contributed by atoms with E-state index in [4.69, 9.17) is 46.4 Å². The standard InChI is InChI=1S/C19H18ClN3O5S.C19H24ClN3O3S.C19H22ClNO2.C18H20ClN3O4S/c1-11-9-14-15(10-16(11)20)19(26)23(18(14)25)21-17(24)8-5-12-3-6-13(7-4-12)22-29(2,27)28;1-14-13-16(5-9-18(14)20)11-12-21-22-19(24)10-6-15-3-7-17(8-4-15)23-27(2,25)26;1-14-13-16(6-10-18(14)20)3-2-12-21-19(23)11-7-15-4-8-17(22)9-5-15;1-12-3-7-14(11-16(12)19)18(24)21-20-17(23)10-6-13-4-8-15(9-5-13)22-27(2,25)26/h3-4,6-7,9-10,22H,5,8H2,1-2H3,(H,21,24);3-5,7-9,13,21,23H,6,10-12H2,1-2H3,(H,22,24);4-6,8-10,13,22H,2-3,7,11-12H2,1H3,(H,21,23);3-5,7-9,11,22H,6,10H2,1-2H3,(H,20,23)(H,21,24). The number of phenolic OH excluding ortho intramolecular Hbond substituents is 1. The van der Waals surface area contributed by atoms with Crippen molar-refractivity contribution in [3.63, 3.8) is 0 Å². The fourth-order valence-electron chi connectivity index (χ4n) is 9.96. The number of aryl methyl sites for hydroxylation is 9. The minimum absolute atomic E-state index is 0.0338. The van der Waals surface area contributed by atoms with Gasteiger partial charge in [-0.2, -0.15) is 5.01 Å². The number of anilines is 3. The predicted molar refractivity (Wildman–Crippen MR) is 416 cm³/mol. The summed E-state index contributed by atoms with van der Waals surface area (Å²) < 4.78 is 74.2. The number of phenols is 1. The van der Waals surface area contributed by atoms with Crippen molar-refractivity contribution in [1.82, 2.24) is 37.5 Å². The average molecular weight is 1590 g/mol. The van der Waals surface area contributed by atoms with Crippen LogP contribution in [0.5, 0.6) is 5.75 Å². The molecule has 24 nitrogen and oxygen atoms in total. The van der Waals surface area contributed by atoms with Crippen LogP contribution < -0.4 is 46.6 Å². The van der Waals surface area contributed by atoms with E-state index in [1.807, 2.05) is 63.2 Å². The fraction of sp³-hybridized carbons (Fsp3) is 0.267. The topological polar surface area (TPSA) is 354 Å². The zero-order valence-corrected chi connectivity index (χ0v) is 64.7. The first kappa shape index (κ1) is 85.3. The van der Waals surface area contributed by atoms with E-state index in [1.165, 1.54) is 23.8 Å². The Morgan fingerprint density at radius 3 is 1.22 bits per heavy atom. The van der Waals surface area contributed by atoms with Crippen LogP contribution in [0.1, 0.15) is 119 Å². The Morgan fingerprint density at radius 1 is 0.387 bits per heavy atom. The number of hydrogen-bond donors (Lipinski definition) is 10. The van der Waals surface area contributed by atoms with Gasteiger partial charge in [-0.15, -0.1) is 0 Å². The van der Waals surface area contributed by atoms with Gasteiger partial charge in [0.2, 0.25) is 53.7 Å². The number of nitrogens with zero attached hydrogens (tertiary/aromatic N) is 1. The summed E-state index contributed by atoms with van der Waals surface area (Å²) in [4.78, 5) is 84.7. The van der Waals surface area contributed by atoms with Gasteiger partial charge in [0.15, 0.2) is 0 Å². The minimum Gasteiger partial charge on any atom is -0.508 e. The molecule has 0 fully saturated rings. The number of aromatic hydroxyl groups is 1. The average Bonchev–Trinajstić information content (AvgIpc) is 1.62. The monoisotopic (exact) mass is 1580 g/mol. The van der Waals surface area contributed by atoms with E-state index < -0.39 is 53.7 Å². The summed E-state index contributed by atoms with van der Waals surface area (Å²) in [5.41, 5.74) is 24.4. The lowest BCUT2D eigenvalue weighted by Gasteiger charge is -2.15. The van der Waals surface area contributed by atoms with E-state index in [-0.39, 0.29) is 47.4 Å². The van der Waals surface area contributed by atoms with Gasteiger partial charge in [0, 0.05) is 81.5 Å². The highest BCUT2D eigenvalue weighted by atomic mass is 35.5.